The van der Waals surface area contributed by atoms with Crippen LogP contribution in [0.3, 0.4) is 0 Å². The summed E-state index contributed by atoms with van der Waals surface area (Å²) >= 11 is 0. The number of carbonyl (C=O) groups is 1. The summed E-state index contributed by atoms with van der Waals surface area (Å²) in [6, 6.07) is 15.4. The second-order valence-corrected chi connectivity index (χ2v) is 6.33. The van der Waals surface area contributed by atoms with Crippen LogP contribution in [0, 0.1) is 6.92 Å². The maximum absolute atomic E-state index is 12.1. The molecule has 0 saturated carbocycles. The Hall–Kier alpha value is -3.08. The molecule has 3 rings (SSSR count). The van der Waals surface area contributed by atoms with Gasteiger partial charge in [0.25, 0.3) is 5.56 Å². The fourth-order valence-corrected chi connectivity index (χ4v) is 2.81. The lowest BCUT2D eigenvalue weighted by Gasteiger charge is -2.08. The number of rotatable bonds is 6. The maximum atomic E-state index is 12.1. The summed E-state index contributed by atoms with van der Waals surface area (Å²) in [5, 5.41) is 3.91. The van der Waals surface area contributed by atoms with Crippen molar-refractivity contribution >= 4 is 16.8 Å². The van der Waals surface area contributed by atoms with Crippen molar-refractivity contribution in [3.8, 4) is 5.75 Å². The van der Waals surface area contributed by atoms with Crippen molar-refractivity contribution in [3.05, 3.63) is 75.6 Å². The van der Waals surface area contributed by atoms with Crippen molar-refractivity contribution in [2.24, 2.45) is 0 Å². The Morgan fingerprint density at radius 1 is 1.08 bits per heavy atom. The van der Waals surface area contributed by atoms with E-state index >= 15 is 0 Å². The number of benzene rings is 2. The van der Waals surface area contributed by atoms with E-state index in [1.165, 1.54) is 0 Å². The van der Waals surface area contributed by atoms with E-state index in [1.54, 1.807) is 14.0 Å². The number of aromatic nitrogens is 1. The molecule has 3 aromatic rings. The predicted octanol–water partition coefficient (Wildman–Crippen LogP) is 3.09. The number of aromatic amines is 1. The number of aryl methyl sites for hydroxylation is 2. The minimum Gasteiger partial charge on any atom is -0.497 e. The van der Waals surface area contributed by atoms with Gasteiger partial charge in [-0.2, -0.15) is 0 Å². The minimum atomic E-state index is -0.0721. The van der Waals surface area contributed by atoms with E-state index in [0.29, 0.717) is 24.9 Å². The van der Waals surface area contributed by atoms with Crippen LogP contribution in [0.25, 0.3) is 10.9 Å². The Bertz CT molecular complexity index is 975. The summed E-state index contributed by atoms with van der Waals surface area (Å²) in [4.78, 5) is 26.6. The average Bonchev–Trinajstić information content (AvgIpc) is 2.66. The number of hydrogen-bond acceptors (Lipinski definition) is 3. The molecule has 1 amide bonds. The van der Waals surface area contributed by atoms with Gasteiger partial charge in [0.15, 0.2) is 0 Å². The van der Waals surface area contributed by atoms with Gasteiger partial charge in [-0.05, 0) is 60.2 Å². The van der Waals surface area contributed by atoms with Crippen LogP contribution in [0.1, 0.15) is 23.1 Å². The number of pyridine rings is 1. The van der Waals surface area contributed by atoms with E-state index in [9.17, 15) is 9.59 Å². The molecule has 0 saturated heterocycles. The van der Waals surface area contributed by atoms with E-state index in [0.717, 1.165) is 27.8 Å². The number of amides is 1. The van der Waals surface area contributed by atoms with Crippen LogP contribution in [-0.4, -0.2) is 18.0 Å². The maximum Gasteiger partial charge on any atom is 0.251 e. The lowest BCUT2D eigenvalue weighted by atomic mass is 10.1. The van der Waals surface area contributed by atoms with Gasteiger partial charge in [-0.25, -0.2) is 0 Å². The largest absolute Gasteiger partial charge is 0.497 e. The smallest absolute Gasteiger partial charge is 0.251 e. The van der Waals surface area contributed by atoms with Crippen LogP contribution < -0.4 is 15.6 Å². The normalized spacial score (nSPS) is 10.7. The van der Waals surface area contributed by atoms with E-state index in [-0.39, 0.29) is 11.5 Å². The molecule has 5 nitrogen and oxygen atoms in total. The number of hydrogen-bond donors (Lipinski definition) is 2. The lowest BCUT2D eigenvalue weighted by Crippen LogP contribution is -2.23. The van der Waals surface area contributed by atoms with Gasteiger partial charge in [-0.1, -0.05) is 18.2 Å². The van der Waals surface area contributed by atoms with E-state index in [1.807, 2.05) is 48.5 Å². The fraction of sp³-hybridized carbons (Fsp3) is 0.238. The van der Waals surface area contributed by atoms with E-state index < -0.39 is 0 Å². The van der Waals surface area contributed by atoms with Crippen molar-refractivity contribution in [3.63, 3.8) is 0 Å². The summed E-state index contributed by atoms with van der Waals surface area (Å²) in [5.74, 6) is 0.824. The highest BCUT2D eigenvalue weighted by Crippen LogP contribution is 2.14. The first kappa shape index (κ1) is 17.7. The quantitative estimate of drug-likeness (QED) is 0.718. The molecule has 0 bridgehead atoms. The number of ether oxygens (including phenoxy) is 1. The molecule has 2 N–H and O–H groups in total. The number of fused-ring (bicyclic) bond motifs is 1. The predicted molar refractivity (Wildman–Crippen MR) is 102 cm³/mol. The Kier molecular flexibility index (Phi) is 5.37. The van der Waals surface area contributed by atoms with Crippen LogP contribution in [0.5, 0.6) is 5.75 Å². The van der Waals surface area contributed by atoms with Gasteiger partial charge in [-0.3, -0.25) is 9.59 Å². The summed E-state index contributed by atoms with van der Waals surface area (Å²) < 4.78 is 5.13. The number of methoxy groups -OCH3 is 1. The van der Waals surface area contributed by atoms with Crippen molar-refractivity contribution in [2.45, 2.75) is 26.3 Å². The van der Waals surface area contributed by atoms with Crippen LogP contribution in [0.15, 0.2) is 53.3 Å². The molecule has 0 fully saturated rings. The Balaban J connectivity index is 1.56. The van der Waals surface area contributed by atoms with Gasteiger partial charge in [0.2, 0.25) is 5.91 Å². The standard InChI is InChI=1S/C21H22N2O3/c1-14-11-17-12-16(5-9-19(17)23-21(14)25)13-22-20(24)10-6-15-3-7-18(26-2)8-4-15/h3-5,7-9,11-12H,6,10,13H2,1-2H3,(H,22,24)(H,23,25). The van der Waals surface area contributed by atoms with Gasteiger partial charge in [-0.15, -0.1) is 0 Å². The zero-order chi connectivity index (χ0) is 18.5. The molecule has 0 aliphatic rings. The zero-order valence-electron chi connectivity index (χ0n) is 15.0. The molecule has 5 heteroatoms. The molecule has 0 aliphatic heterocycles. The number of H-pyrrole nitrogens is 1. The molecule has 1 heterocycles. The number of carbonyl (C=O) groups excluding carboxylic acids is 1. The summed E-state index contributed by atoms with van der Waals surface area (Å²) in [5.41, 5.74) is 3.51. The molecule has 0 unspecified atom stereocenters. The summed E-state index contributed by atoms with van der Waals surface area (Å²) in [6.07, 6.45) is 1.13. The Morgan fingerprint density at radius 2 is 1.81 bits per heavy atom. The summed E-state index contributed by atoms with van der Waals surface area (Å²) in [6.45, 7) is 2.25. The average molecular weight is 350 g/mol. The molecule has 0 aliphatic carbocycles. The van der Waals surface area contributed by atoms with Crippen LogP contribution in [-0.2, 0) is 17.8 Å². The van der Waals surface area contributed by atoms with Crippen LogP contribution >= 0.6 is 0 Å². The molecular formula is C21H22N2O3. The van der Waals surface area contributed by atoms with E-state index in [4.69, 9.17) is 4.74 Å². The third-order valence-corrected chi connectivity index (χ3v) is 4.38. The van der Waals surface area contributed by atoms with Crippen LogP contribution in [0.4, 0.5) is 0 Å². The highest BCUT2D eigenvalue weighted by atomic mass is 16.5. The van der Waals surface area contributed by atoms with Gasteiger partial charge in [0.1, 0.15) is 5.75 Å². The monoisotopic (exact) mass is 350 g/mol. The third kappa shape index (κ3) is 4.30. The molecule has 1 aromatic heterocycles. The first-order chi connectivity index (χ1) is 12.5. The Morgan fingerprint density at radius 3 is 2.54 bits per heavy atom. The fourth-order valence-electron chi connectivity index (χ4n) is 2.81. The molecule has 0 atom stereocenters. The molecule has 26 heavy (non-hydrogen) atoms. The van der Waals surface area contributed by atoms with Gasteiger partial charge in [0, 0.05) is 24.0 Å². The first-order valence-electron chi connectivity index (χ1n) is 8.57. The molecule has 2 aromatic carbocycles. The third-order valence-electron chi connectivity index (χ3n) is 4.38. The van der Waals surface area contributed by atoms with Crippen LogP contribution in [0.2, 0.25) is 0 Å². The van der Waals surface area contributed by atoms with Gasteiger partial charge >= 0.3 is 0 Å². The van der Waals surface area contributed by atoms with E-state index in [2.05, 4.69) is 10.3 Å². The highest BCUT2D eigenvalue weighted by Gasteiger charge is 2.05. The lowest BCUT2D eigenvalue weighted by molar-refractivity contribution is -0.121. The molecule has 0 radical (unpaired) electrons. The molecule has 0 spiro atoms. The van der Waals surface area contributed by atoms with Gasteiger partial charge in [0.05, 0.1) is 7.11 Å². The van der Waals surface area contributed by atoms with Crippen molar-refractivity contribution in [2.75, 3.05) is 7.11 Å². The zero-order valence-corrected chi connectivity index (χ0v) is 15.0. The second-order valence-electron chi connectivity index (χ2n) is 6.33. The number of nitrogens with one attached hydrogen (secondary N) is 2. The first-order valence-corrected chi connectivity index (χ1v) is 8.57. The molecule has 134 valence electrons. The minimum absolute atomic E-state index is 0.0126. The Labute approximate surface area is 152 Å². The summed E-state index contributed by atoms with van der Waals surface area (Å²) in [7, 11) is 1.63. The van der Waals surface area contributed by atoms with Gasteiger partial charge < -0.3 is 15.0 Å². The van der Waals surface area contributed by atoms with Crippen molar-refractivity contribution < 1.29 is 9.53 Å². The second kappa shape index (κ2) is 7.87. The van der Waals surface area contributed by atoms with Crippen molar-refractivity contribution in [1.82, 2.24) is 10.3 Å². The SMILES string of the molecule is COc1ccc(CCC(=O)NCc2ccc3[nH]c(=O)c(C)cc3c2)cc1. The topological polar surface area (TPSA) is 71.2 Å². The molecular weight excluding hydrogens is 328 g/mol. The van der Waals surface area contributed by atoms with Crippen molar-refractivity contribution in [1.29, 1.82) is 0 Å². The highest BCUT2D eigenvalue weighted by molar-refractivity contribution is 5.80.